The van der Waals surface area contributed by atoms with Crippen LogP contribution < -0.4 is 0 Å². The summed E-state index contributed by atoms with van der Waals surface area (Å²) in [4.78, 5) is 11.4. The number of hydrogen-bond donors (Lipinski definition) is 0. The molecule has 0 aromatic heterocycles. The van der Waals surface area contributed by atoms with E-state index in [0.717, 1.165) is 19.3 Å². The molecule has 0 aromatic rings. The van der Waals surface area contributed by atoms with Gasteiger partial charge in [0.05, 0.1) is 85.9 Å². The van der Waals surface area contributed by atoms with Crippen LogP contribution in [0.4, 0.5) is 0 Å². The molecule has 9 heteroatoms. The van der Waals surface area contributed by atoms with Gasteiger partial charge in [0.1, 0.15) is 13.2 Å². The second-order valence-electron chi connectivity index (χ2n) is 6.61. The topological polar surface area (TPSA) is 90.9 Å². The maximum absolute atomic E-state index is 11.4. The summed E-state index contributed by atoms with van der Waals surface area (Å²) in [6.45, 7) is 9.06. The van der Waals surface area contributed by atoms with Crippen molar-refractivity contribution < 1.29 is 42.7 Å². The molecule has 0 unspecified atom stereocenters. The molecule has 0 N–H and O–H groups in total. The summed E-state index contributed by atoms with van der Waals surface area (Å²) in [6, 6.07) is 0. The highest BCUT2D eigenvalue weighted by Crippen LogP contribution is 2.00. The smallest absolute Gasteiger partial charge is 0.305 e. The van der Waals surface area contributed by atoms with Gasteiger partial charge in [0.2, 0.25) is 0 Å². The lowest BCUT2D eigenvalue weighted by molar-refractivity contribution is -0.145. The Morgan fingerprint density at radius 3 is 1.34 bits per heavy atom. The first-order valence-corrected chi connectivity index (χ1v) is 11.4. The maximum Gasteiger partial charge on any atom is 0.305 e. The highest BCUT2D eigenvalue weighted by molar-refractivity contribution is 5.69. The summed E-state index contributed by atoms with van der Waals surface area (Å²) in [6.07, 6.45) is 8.57. The summed E-state index contributed by atoms with van der Waals surface area (Å²) in [5.41, 5.74) is 0. The second-order valence-corrected chi connectivity index (χ2v) is 6.61. The lowest BCUT2D eigenvalue weighted by atomic mass is 10.2. The molecule has 0 atom stereocenters. The van der Waals surface area contributed by atoms with E-state index < -0.39 is 0 Å². The summed E-state index contributed by atoms with van der Waals surface area (Å²) in [5, 5.41) is 0. The van der Waals surface area contributed by atoms with Gasteiger partial charge in [-0.15, -0.1) is 6.42 Å². The quantitative estimate of drug-likeness (QED) is 0.108. The third-order valence-corrected chi connectivity index (χ3v) is 3.89. The minimum absolute atomic E-state index is 0.156. The number of rotatable bonds is 26. The van der Waals surface area contributed by atoms with Gasteiger partial charge in [0.25, 0.3) is 0 Å². The molecule has 188 valence electrons. The number of terminal acetylenes is 1. The van der Waals surface area contributed by atoms with E-state index in [1.54, 1.807) is 0 Å². The normalized spacial score (nSPS) is 10.9. The Labute approximate surface area is 193 Å². The van der Waals surface area contributed by atoms with Gasteiger partial charge in [0.15, 0.2) is 0 Å². The number of esters is 1. The predicted octanol–water partition coefficient (Wildman–Crippen LogP) is 1.86. The highest BCUT2D eigenvalue weighted by Gasteiger charge is 2.01. The minimum atomic E-state index is -0.156. The largest absolute Gasteiger partial charge is 0.463 e. The van der Waals surface area contributed by atoms with Crippen molar-refractivity contribution >= 4 is 5.97 Å². The molecular formula is C23H42O9. The van der Waals surface area contributed by atoms with E-state index >= 15 is 0 Å². The van der Waals surface area contributed by atoms with Gasteiger partial charge in [-0.2, -0.15) is 0 Å². The zero-order chi connectivity index (χ0) is 23.4. The molecule has 0 fully saturated rings. The molecule has 0 aliphatic heterocycles. The molecule has 0 saturated carbocycles. The van der Waals surface area contributed by atoms with E-state index in [4.69, 9.17) is 44.3 Å². The van der Waals surface area contributed by atoms with Crippen LogP contribution in [-0.4, -0.2) is 105 Å². The fraction of sp³-hybridized carbons (Fsp3) is 0.870. The van der Waals surface area contributed by atoms with Gasteiger partial charge in [-0.1, -0.05) is 25.7 Å². The SMILES string of the molecule is C#CCOCCOCCOCCOCCOCCOCCOCCOC(=O)CCCCC. The zero-order valence-electron chi connectivity index (χ0n) is 19.7. The van der Waals surface area contributed by atoms with Crippen molar-refractivity contribution in [3.63, 3.8) is 0 Å². The fourth-order valence-electron chi connectivity index (χ4n) is 2.26. The van der Waals surface area contributed by atoms with Crippen LogP contribution >= 0.6 is 0 Å². The molecule has 0 aliphatic carbocycles. The predicted molar refractivity (Wildman–Crippen MR) is 120 cm³/mol. The van der Waals surface area contributed by atoms with Crippen LogP contribution in [0.2, 0.25) is 0 Å². The Bertz CT molecular complexity index is 426. The first kappa shape index (κ1) is 30.8. The van der Waals surface area contributed by atoms with Crippen molar-refractivity contribution in [1.29, 1.82) is 0 Å². The minimum Gasteiger partial charge on any atom is -0.463 e. The molecule has 0 saturated heterocycles. The van der Waals surface area contributed by atoms with Gasteiger partial charge < -0.3 is 37.9 Å². The third-order valence-electron chi connectivity index (χ3n) is 3.89. The van der Waals surface area contributed by atoms with E-state index in [-0.39, 0.29) is 12.6 Å². The molecule has 0 bridgehead atoms. The summed E-state index contributed by atoms with van der Waals surface area (Å²) in [7, 11) is 0. The second kappa shape index (κ2) is 27.8. The number of ether oxygens (including phenoxy) is 8. The monoisotopic (exact) mass is 462 g/mol. The zero-order valence-corrected chi connectivity index (χ0v) is 19.7. The molecular weight excluding hydrogens is 420 g/mol. The number of hydrogen-bond acceptors (Lipinski definition) is 9. The van der Waals surface area contributed by atoms with Crippen molar-refractivity contribution in [2.45, 2.75) is 32.6 Å². The van der Waals surface area contributed by atoms with Crippen LogP contribution in [-0.2, 0) is 42.7 Å². The van der Waals surface area contributed by atoms with Crippen LogP contribution in [0, 0.1) is 12.3 Å². The van der Waals surface area contributed by atoms with Crippen molar-refractivity contribution in [2.24, 2.45) is 0 Å². The highest BCUT2D eigenvalue weighted by atomic mass is 16.6. The number of carbonyl (C=O) groups excluding carboxylic acids is 1. The van der Waals surface area contributed by atoms with Crippen molar-refractivity contribution in [3.8, 4) is 12.3 Å². The molecule has 0 spiro atoms. The molecule has 0 rings (SSSR count). The van der Waals surface area contributed by atoms with Crippen LogP contribution in [0.5, 0.6) is 0 Å². The maximum atomic E-state index is 11.4. The van der Waals surface area contributed by atoms with Crippen molar-refractivity contribution in [3.05, 3.63) is 0 Å². The van der Waals surface area contributed by atoms with E-state index in [0.29, 0.717) is 98.9 Å². The average molecular weight is 463 g/mol. The fourth-order valence-corrected chi connectivity index (χ4v) is 2.26. The summed E-state index contributed by atoms with van der Waals surface area (Å²) < 4.78 is 42.4. The molecule has 0 aromatic carbocycles. The van der Waals surface area contributed by atoms with Crippen molar-refractivity contribution in [1.82, 2.24) is 0 Å². The Balaban J connectivity index is 3.06. The van der Waals surface area contributed by atoms with E-state index in [2.05, 4.69) is 12.8 Å². The number of unbranched alkanes of at least 4 members (excludes halogenated alkanes) is 2. The van der Waals surface area contributed by atoms with Gasteiger partial charge in [-0.05, 0) is 6.42 Å². The molecule has 0 amide bonds. The summed E-state index contributed by atoms with van der Waals surface area (Å²) in [5.74, 6) is 2.23. The third kappa shape index (κ3) is 26.8. The lowest BCUT2D eigenvalue weighted by Gasteiger charge is -2.08. The van der Waals surface area contributed by atoms with Crippen LogP contribution in [0.1, 0.15) is 32.6 Å². The summed E-state index contributed by atoms with van der Waals surface area (Å²) >= 11 is 0. The molecule has 9 nitrogen and oxygen atoms in total. The lowest BCUT2D eigenvalue weighted by Crippen LogP contribution is -2.15. The Morgan fingerprint density at radius 1 is 0.594 bits per heavy atom. The van der Waals surface area contributed by atoms with Crippen LogP contribution in [0.25, 0.3) is 0 Å². The first-order valence-electron chi connectivity index (χ1n) is 11.4. The van der Waals surface area contributed by atoms with Crippen LogP contribution in [0.3, 0.4) is 0 Å². The molecule has 0 radical (unpaired) electrons. The van der Waals surface area contributed by atoms with Crippen molar-refractivity contribution in [2.75, 3.05) is 99.1 Å². The molecule has 32 heavy (non-hydrogen) atoms. The number of carbonyl (C=O) groups is 1. The van der Waals surface area contributed by atoms with E-state index in [1.807, 2.05) is 0 Å². The van der Waals surface area contributed by atoms with E-state index in [9.17, 15) is 4.79 Å². The van der Waals surface area contributed by atoms with Gasteiger partial charge in [-0.25, -0.2) is 0 Å². The Kier molecular flexibility index (Phi) is 26.7. The Hall–Kier alpha value is -1.25. The van der Waals surface area contributed by atoms with Gasteiger partial charge in [-0.3, -0.25) is 4.79 Å². The van der Waals surface area contributed by atoms with Gasteiger partial charge >= 0.3 is 5.97 Å². The molecule has 0 heterocycles. The van der Waals surface area contributed by atoms with E-state index in [1.165, 1.54) is 0 Å². The average Bonchev–Trinajstić information content (AvgIpc) is 2.79. The van der Waals surface area contributed by atoms with Crippen LogP contribution in [0.15, 0.2) is 0 Å². The standard InChI is InChI=1S/C23H42O9/c1-3-5-6-7-23(24)32-22-21-31-20-19-30-18-17-29-16-15-28-14-13-27-12-11-26-10-9-25-8-4-2/h2H,3,5-22H2,1H3. The Morgan fingerprint density at radius 2 is 0.969 bits per heavy atom. The molecule has 0 aliphatic rings. The first-order chi connectivity index (χ1) is 15.8. The van der Waals surface area contributed by atoms with Gasteiger partial charge in [0, 0.05) is 6.42 Å².